The Morgan fingerprint density at radius 2 is 2.21 bits per heavy atom. The Balaban J connectivity index is 1.83. The van der Waals surface area contributed by atoms with Crippen LogP contribution in [0.25, 0.3) is 0 Å². The predicted molar refractivity (Wildman–Crippen MR) is 65.2 cm³/mol. The normalized spacial score (nSPS) is 17.5. The molecule has 2 aromatic rings. The van der Waals surface area contributed by atoms with Gasteiger partial charge in [0.1, 0.15) is 12.4 Å². The zero-order valence-electron chi connectivity index (χ0n) is 9.78. The Bertz CT molecular complexity index is 623. The van der Waals surface area contributed by atoms with Crippen LogP contribution in [0.5, 0.6) is 0 Å². The van der Waals surface area contributed by atoms with E-state index >= 15 is 0 Å². The van der Waals surface area contributed by atoms with Gasteiger partial charge >= 0.3 is 0 Å². The fourth-order valence-electron chi connectivity index (χ4n) is 1.87. The van der Waals surface area contributed by atoms with Crippen LogP contribution in [0.15, 0.2) is 30.9 Å². The highest BCUT2D eigenvalue weighted by atomic mass is 16.2. The number of anilines is 2. The highest BCUT2D eigenvalue weighted by Gasteiger charge is 2.31. The second-order valence-corrected chi connectivity index (χ2v) is 4.02. The first-order valence-electron chi connectivity index (χ1n) is 5.64. The molecule has 2 N–H and O–H groups in total. The first-order chi connectivity index (χ1) is 9.24. The van der Waals surface area contributed by atoms with E-state index in [1.54, 1.807) is 24.5 Å². The van der Waals surface area contributed by atoms with Crippen LogP contribution in [-0.4, -0.2) is 31.6 Å². The van der Waals surface area contributed by atoms with E-state index in [1.165, 1.54) is 11.0 Å². The topological polar surface area (TPSA) is 102 Å². The van der Waals surface area contributed by atoms with Gasteiger partial charge in [-0.1, -0.05) is 0 Å². The van der Waals surface area contributed by atoms with Crippen LogP contribution >= 0.6 is 0 Å². The number of hydrogen-bond acceptors (Lipinski definition) is 5. The molecule has 1 aliphatic heterocycles. The third kappa shape index (κ3) is 2.15. The van der Waals surface area contributed by atoms with Crippen molar-refractivity contribution in [1.82, 2.24) is 19.7 Å². The average Bonchev–Trinajstić information content (AvgIpc) is 2.86. The molecule has 0 radical (unpaired) electrons. The maximum absolute atomic E-state index is 12.2. The number of nitrogens with zero attached hydrogens (tertiary/aromatic N) is 4. The van der Waals surface area contributed by atoms with Crippen molar-refractivity contribution in [3.63, 3.8) is 0 Å². The van der Waals surface area contributed by atoms with E-state index in [1.807, 2.05) is 0 Å². The Morgan fingerprint density at radius 1 is 1.42 bits per heavy atom. The molecule has 3 heterocycles. The molecule has 0 aromatic carbocycles. The molecule has 0 bridgehead atoms. The molecule has 0 spiro atoms. The van der Waals surface area contributed by atoms with E-state index in [4.69, 9.17) is 0 Å². The molecule has 8 heteroatoms. The highest BCUT2D eigenvalue weighted by molar-refractivity contribution is 6.00. The number of carbonyl (C=O) groups is 2. The van der Waals surface area contributed by atoms with Gasteiger partial charge in [-0.25, -0.2) is 4.68 Å². The number of amides is 2. The van der Waals surface area contributed by atoms with Crippen LogP contribution < -0.4 is 10.6 Å². The second-order valence-electron chi connectivity index (χ2n) is 4.02. The molecule has 2 amide bonds. The van der Waals surface area contributed by atoms with Crippen molar-refractivity contribution in [3.8, 4) is 0 Å². The number of fused-ring (bicyclic) bond motifs is 1. The molecule has 2 aromatic heterocycles. The minimum Gasteiger partial charge on any atom is -0.324 e. The monoisotopic (exact) mass is 258 g/mol. The number of nitrogens with one attached hydrogen (secondary N) is 2. The summed E-state index contributed by atoms with van der Waals surface area (Å²) in [6.45, 7) is 0. The molecule has 0 aliphatic carbocycles. The molecule has 8 nitrogen and oxygen atoms in total. The zero-order valence-corrected chi connectivity index (χ0v) is 9.78. The zero-order chi connectivity index (χ0) is 13.2. The van der Waals surface area contributed by atoms with Crippen LogP contribution in [0, 0.1) is 0 Å². The third-order valence-electron chi connectivity index (χ3n) is 2.75. The van der Waals surface area contributed by atoms with Crippen molar-refractivity contribution in [1.29, 1.82) is 0 Å². The Labute approximate surface area is 107 Å². The van der Waals surface area contributed by atoms with Gasteiger partial charge in [0.2, 0.25) is 17.8 Å². The predicted octanol–water partition coefficient (Wildman–Crippen LogP) is 0.195. The second kappa shape index (κ2) is 4.48. The van der Waals surface area contributed by atoms with Gasteiger partial charge in [0.25, 0.3) is 0 Å². The molecule has 0 saturated carbocycles. The Hall–Kier alpha value is -2.77. The number of pyridine rings is 1. The van der Waals surface area contributed by atoms with E-state index < -0.39 is 6.04 Å². The van der Waals surface area contributed by atoms with Crippen molar-refractivity contribution in [2.75, 3.05) is 10.6 Å². The van der Waals surface area contributed by atoms with Gasteiger partial charge in [-0.05, 0) is 12.1 Å². The van der Waals surface area contributed by atoms with Crippen LogP contribution in [-0.2, 0) is 9.59 Å². The molecule has 96 valence electrons. The lowest BCUT2D eigenvalue weighted by Gasteiger charge is -2.22. The number of hydrogen-bond donors (Lipinski definition) is 2. The van der Waals surface area contributed by atoms with Crippen molar-refractivity contribution in [2.45, 2.75) is 12.5 Å². The number of rotatable bonds is 2. The van der Waals surface area contributed by atoms with Gasteiger partial charge in [0.15, 0.2) is 0 Å². The molecule has 0 fully saturated rings. The van der Waals surface area contributed by atoms with Crippen molar-refractivity contribution < 1.29 is 9.59 Å². The fourth-order valence-corrected chi connectivity index (χ4v) is 1.87. The van der Waals surface area contributed by atoms with E-state index in [2.05, 4.69) is 25.7 Å². The van der Waals surface area contributed by atoms with Gasteiger partial charge in [-0.2, -0.15) is 10.1 Å². The summed E-state index contributed by atoms with van der Waals surface area (Å²) in [6.07, 6.45) is 4.48. The Kier molecular flexibility index (Phi) is 2.67. The third-order valence-corrected chi connectivity index (χ3v) is 2.75. The molecule has 0 saturated heterocycles. The Morgan fingerprint density at radius 3 is 3.00 bits per heavy atom. The van der Waals surface area contributed by atoms with E-state index in [0.717, 1.165) is 0 Å². The fraction of sp³-hybridized carbons (Fsp3) is 0.182. The van der Waals surface area contributed by atoms with Crippen molar-refractivity contribution in [2.24, 2.45) is 0 Å². The highest BCUT2D eigenvalue weighted by Crippen LogP contribution is 2.22. The maximum Gasteiger partial charge on any atom is 0.249 e. The summed E-state index contributed by atoms with van der Waals surface area (Å²) in [6, 6.07) is 2.64. The first-order valence-corrected chi connectivity index (χ1v) is 5.64. The van der Waals surface area contributed by atoms with Gasteiger partial charge < -0.3 is 5.32 Å². The molecule has 19 heavy (non-hydrogen) atoms. The molecule has 1 aliphatic rings. The largest absolute Gasteiger partial charge is 0.324 e. The van der Waals surface area contributed by atoms with Gasteiger partial charge in [0, 0.05) is 18.1 Å². The minimum absolute atomic E-state index is 0.0350. The van der Waals surface area contributed by atoms with Crippen LogP contribution in [0.2, 0.25) is 0 Å². The van der Waals surface area contributed by atoms with Gasteiger partial charge in [-0.3, -0.25) is 19.9 Å². The quantitative estimate of drug-likeness (QED) is 0.800. The lowest BCUT2D eigenvalue weighted by molar-refractivity contribution is -0.125. The molecular weight excluding hydrogens is 248 g/mol. The maximum atomic E-state index is 12.2. The summed E-state index contributed by atoms with van der Waals surface area (Å²) in [5, 5.41) is 9.22. The standard InChI is InChI=1S/C11H10N6O2/c18-9-5-8(17-11(16-9)13-6-14-17)10(19)15-7-1-3-12-4-2-7/h1-4,6,8H,5H2,(H,12,15,19)(H,13,14,16,18)/t8-/m1/s1. The van der Waals surface area contributed by atoms with Crippen LogP contribution in [0.4, 0.5) is 11.6 Å². The summed E-state index contributed by atoms with van der Waals surface area (Å²) in [5.74, 6) is -0.283. The average molecular weight is 258 g/mol. The van der Waals surface area contributed by atoms with E-state index in [-0.39, 0.29) is 24.2 Å². The van der Waals surface area contributed by atoms with Crippen LogP contribution in [0.1, 0.15) is 12.5 Å². The van der Waals surface area contributed by atoms with E-state index in [0.29, 0.717) is 5.69 Å². The van der Waals surface area contributed by atoms with Crippen molar-refractivity contribution in [3.05, 3.63) is 30.9 Å². The van der Waals surface area contributed by atoms with E-state index in [9.17, 15) is 9.59 Å². The van der Waals surface area contributed by atoms with Crippen molar-refractivity contribution >= 4 is 23.5 Å². The minimum atomic E-state index is -0.695. The number of carbonyl (C=O) groups excluding carboxylic acids is 2. The van der Waals surface area contributed by atoms with Crippen LogP contribution in [0.3, 0.4) is 0 Å². The summed E-state index contributed by atoms with van der Waals surface area (Å²) >= 11 is 0. The summed E-state index contributed by atoms with van der Waals surface area (Å²) in [5.41, 5.74) is 0.618. The lowest BCUT2D eigenvalue weighted by atomic mass is 10.1. The van der Waals surface area contributed by atoms with Gasteiger partial charge in [-0.15, -0.1) is 0 Å². The summed E-state index contributed by atoms with van der Waals surface area (Å²) < 4.78 is 1.40. The molecule has 3 rings (SSSR count). The van der Waals surface area contributed by atoms with Gasteiger partial charge in [0.05, 0.1) is 6.42 Å². The smallest absolute Gasteiger partial charge is 0.249 e. The summed E-state index contributed by atoms with van der Waals surface area (Å²) in [4.78, 5) is 31.4. The first kappa shape index (κ1) is 11.3. The SMILES string of the molecule is O=C1C[C@H](C(=O)Nc2ccncc2)n2ncnc2N1. The lowest BCUT2D eigenvalue weighted by Crippen LogP contribution is -2.35. The molecule has 0 unspecified atom stereocenters. The summed E-state index contributed by atoms with van der Waals surface area (Å²) in [7, 11) is 0. The molecular formula is C11H10N6O2. The number of aromatic nitrogens is 4. The molecule has 1 atom stereocenters.